The normalized spacial score (nSPS) is 10.8. The Hall–Kier alpha value is -1.95. The van der Waals surface area contributed by atoms with E-state index < -0.39 is 0 Å². The maximum Gasteiger partial charge on any atom is 0.254 e. The van der Waals surface area contributed by atoms with Gasteiger partial charge in [-0.05, 0) is 58.6 Å². The van der Waals surface area contributed by atoms with Gasteiger partial charge in [0.25, 0.3) is 5.91 Å². The highest BCUT2D eigenvalue weighted by Crippen LogP contribution is 2.29. The highest BCUT2D eigenvalue weighted by Gasteiger charge is 2.16. The second kappa shape index (κ2) is 8.94. The van der Waals surface area contributed by atoms with Gasteiger partial charge in [-0.15, -0.1) is 0 Å². The molecule has 6 heteroatoms. The van der Waals surface area contributed by atoms with Gasteiger partial charge in [0, 0.05) is 12.6 Å². The van der Waals surface area contributed by atoms with Crippen LogP contribution in [-0.4, -0.2) is 31.6 Å². The molecular weight excluding hydrogens is 386 g/mol. The first-order valence-corrected chi connectivity index (χ1v) is 9.00. The Bertz CT molecular complexity index is 711. The summed E-state index contributed by atoms with van der Waals surface area (Å²) >= 11 is 3.26. The highest BCUT2D eigenvalue weighted by atomic mass is 79.9. The number of hydrogen-bond acceptors (Lipinski definition) is 4. The lowest BCUT2D eigenvalue weighted by Gasteiger charge is -2.17. The first-order chi connectivity index (χ1) is 11.9. The van der Waals surface area contributed by atoms with Gasteiger partial charge in [-0.1, -0.05) is 13.8 Å². The van der Waals surface area contributed by atoms with Crippen molar-refractivity contribution in [2.24, 2.45) is 5.92 Å². The third-order valence-electron chi connectivity index (χ3n) is 3.73. The van der Waals surface area contributed by atoms with Crippen molar-refractivity contribution in [3.05, 3.63) is 46.3 Å². The fourth-order valence-electron chi connectivity index (χ4n) is 2.29. The SMILES string of the molecule is COc1cc(C(=O)N(C)Cc2ccc(Br)o2)ccc1OCCC(C)C. The quantitative estimate of drug-likeness (QED) is 0.631. The Labute approximate surface area is 157 Å². The number of benzene rings is 1. The van der Waals surface area contributed by atoms with Gasteiger partial charge in [0.1, 0.15) is 5.76 Å². The van der Waals surface area contributed by atoms with E-state index in [9.17, 15) is 4.79 Å². The predicted octanol–water partition coefficient (Wildman–Crippen LogP) is 4.75. The van der Waals surface area contributed by atoms with Gasteiger partial charge in [0.15, 0.2) is 16.2 Å². The summed E-state index contributed by atoms with van der Waals surface area (Å²) < 4.78 is 17.2. The third-order valence-corrected chi connectivity index (χ3v) is 4.16. The molecule has 0 bridgehead atoms. The number of methoxy groups -OCH3 is 1. The Morgan fingerprint density at radius 1 is 1.24 bits per heavy atom. The summed E-state index contributed by atoms with van der Waals surface area (Å²) in [4.78, 5) is 14.2. The van der Waals surface area contributed by atoms with E-state index in [0.717, 1.165) is 6.42 Å². The molecule has 1 heterocycles. The molecule has 0 spiro atoms. The van der Waals surface area contributed by atoms with Crippen molar-refractivity contribution in [1.82, 2.24) is 4.90 Å². The van der Waals surface area contributed by atoms with Crippen molar-refractivity contribution in [2.75, 3.05) is 20.8 Å². The van der Waals surface area contributed by atoms with Crippen molar-refractivity contribution >= 4 is 21.8 Å². The fourth-order valence-corrected chi connectivity index (χ4v) is 2.63. The summed E-state index contributed by atoms with van der Waals surface area (Å²) in [6.45, 7) is 5.31. The molecule has 0 N–H and O–H groups in total. The number of amides is 1. The molecule has 0 saturated carbocycles. The van der Waals surface area contributed by atoms with E-state index in [1.54, 1.807) is 43.3 Å². The van der Waals surface area contributed by atoms with E-state index in [2.05, 4.69) is 29.8 Å². The van der Waals surface area contributed by atoms with E-state index in [0.29, 0.717) is 46.6 Å². The van der Waals surface area contributed by atoms with Gasteiger partial charge < -0.3 is 18.8 Å². The number of ether oxygens (including phenoxy) is 2. The number of rotatable bonds is 8. The predicted molar refractivity (Wildman–Crippen MR) is 100 cm³/mol. The molecular formula is C19H24BrNO4. The van der Waals surface area contributed by atoms with Gasteiger partial charge in [-0.2, -0.15) is 0 Å². The minimum absolute atomic E-state index is 0.112. The molecule has 1 aromatic carbocycles. The molecule has 136 valence electrons. The number of halogens is 1. The molecule has 1 aromatic heterocycles. The smallest absolute Gasteiger partial charge is 0.254 e. The van der Waals surface area contributed by atoms with Crippen LogP contribution >= 0.6 is 15.9 Å². The molecule has 2 rings (SSSR count). The molecule has 2 aromatic rings. The van der Waals surface area contributed by atoms with Crippen molar-refractivity contribution in [1.29, 1.82) is 0 Å². The van der Waals surface area contributed by atoms with Crippen LogP contribution in [-0.2, 0) is 6.54 Å². The molecule has 5 nitrogen and oxygen atoms in total. The summed E-state index contributed by atoms with van der Waals surface area (Å²) in [5.41, 5.74) is 0.543. The van der Waals surface area contributed by atoms with Crippen LogP contribution in [0.2, 0.25) is 0 Å². The zero-order valence-electron chi connectivity index (χ0n) is 15.0. The van der Waals surface area contributed by atoms with Crippen LogP contribution in [0.25, 0.3) is 0 Å². The average Bonchev–Trinajstić information content (AvgIpc) is 2.98. The van der Waals surface area contributed by atoms with Crippen LogP contribution in [0.5, 0.6) is 11.5 Å². The Morgan fingerprint density at radius 2 is 2.00 bits per heavy atom. The van der Waals surface area contributed by atoms with Crippen molar-refractivity contribution < 1.29 is 18.7 Å². The molecule has 0 aliphatic carbocycles. The van der Waals surface area contributed by atoms with Gasteiger partial charge in [-0.3, -0.25) is 4.79 Å². The Kier molecular flexibility index (Phi) is 6.93. The summed E-state index contributed by atoms with van der Waals surface area (Å²) in [7, 11) is 3.31. The maximum absolute atomic E-state index is 12.6. The van der Waals surface area contributed by atoms with Crippen LogP contribution < -0.4 is 9.47 Å². The molecule has 1 amide bonds. The van der Waals surface area contributed by atoms with Crippen LogP contribution in [0.3, 0.4) is 0 Å². The second-order valence-electron chi connectivity index (χ2n) is 6.26. The molecule has 0 aliphatic heterocycles. The van der Waals surface area contributed by atoms with Crippen LogP contribution in [0.4, 0.5) is 0 Å². The third kappa shape index (κ3) is 5.53. The van der Waals surface area contributed by atoms with Gasteiger partial charge in [0.05, 0.1) is 20.3 Å². The zero-order chi connectivity index (χ0) is 18.4. The molecule has 0 radical (unpaired) electrons. The summed E-state index contributed by atoms with van der Waals surface area (Å²) in [5, 5.41) is 0. The molecule has 0 atom stereocenters. The first kappa shape index (κ1) is 19.4. The summed E-state index contributed by atoms with van der Waals surface area (Å²) in [6.07, 6.45) is 0.964. The standard InChI is InChI=1S/C19H24BrNO4/c1-13(2)9-10-24-16-7-5-14(11-17(16)23-4)19(22)21(3)12-15-6-8-18(20)25-15/h5-8,11,13H,9-10,12H2,1-4H3. The topological polar surface area (TPSA) is 51.9 Å². The molecule has 0 saturated heterocycles. The summed E-state index contributed by atoms with van der Waals surface area (Å²) in [5.74, 6) is 2.38. The number of nitrogens with zero attached hydrogens (tertiary/aromatic N) is 1. The number of furan rings is 1. The van der Waals surface area contributed by atoms with Crippen molar-refractivity contribution in [2.45, 2.75) is 26.8 Å². The maximum atomic E-state index is 12.6. The van der Waals surface area contributed by atoms with Crippen LogP contribution in [0.15, 0.2) is 39.4 Å². The van der Waals surface area contributed by atoms with Gasteiger partial charge in [-0.25, -0.2) is 0 Å². The van der Waals surface area contributed by atoms with E-state index >= 15 is 0 Å². The zero-order valence-corrected chi connectivity index (χ0v) is 16.6. The number of carbonyl (C=O) groups excluding carboxylic acids is 1. The largest absolute Gasteiger partial charge is 0.493 e. The Morgan fingerprint density at radius 3 is 2.60 bits per heavy atom. The van der Waals surface area contributed by atoms with Crippen molar-refractivity contribution in [3.63, 3.8) is 0 Å². The lowest BCUT2D eigenvalue weighted by Crippen LogP contribution is -2.26. The summed E-state index contributed by atoms with van der Waals surface area (Å²) in [6, 6.07) is 8.88. The molecule has 0 unspecified atom stereocenters. The van der Waals surface area contributed by atoms with E-state index in [1.807, 2.05) is 6.07 Å². The highest BCUT2D eigenvalue weighted by molar-refractivity contribution is 9.10. The average molecular weight is 410 g/mol. The second-order valence-corrected chi connectivity index (χ2v) is 7.05. The molecule has 0 fully saturated rings. The minimum Gasteiger partial charge on any atom is -0.493 e. The van der Waals surface area contributed by atoms with Gasteiger partial charge in [0.2, 0.25) is 0 Å². The fraction of sp³-hybridized carbons (Fsp3) is 0.421. The van der Waals surface area contributed by atoms with E-state index in [4.69, 9.17) is 13.9 Å². The van der Waals surface area contributed by atoms with Crippen molar-refractivity contribution in [3.8, 4) is 11.5 Å². The Balaban J connectivity index is 2.06. The monoisotopic (exact) mass is 409 g/mol. The number of hydrogen-bond donors (Lipinski definition) is 0. The first-order valence-electron chi connectivity index (χ1n) is 8.21. The van der Waals surface area contributed by atoms with Gasteiger partial charge >= 0.3 is 0 Å². The lowest BCUT2D eigenvalue weighted by atomic mass is 10.1. The van der Waals surface area contributed by atoms with E-state index in [1.165, 1.54) is 0 Å². The molecule has 25 heavy (non-hydrogen) atoms. The number of carbonyl (C=O) groups is 1. The van der Waals surface area contributed by atoms with Crippen LogP contribution in [0, 0.1) is 5.92 Å². The van der Waals surface area contributed by atoms with E-state index in [-0.39, 0.29) is 5.91 Å². The molecule has 0 aliphatic rings. The lowest BCUT2D eigenvalue weighted by molar-refractivity contribution is 0.0774. The minimum atomic E-state index is -0.112. The van der Waals surface area contributed by atoms with Crippen LogP contribution in [0.1, 0.15) is 36.4 Å².